The summed E-state index contributed by atoms with van der Waals surface area (Å²) < 4.78 is 17.4. The summed E-state index contributed by atoms with van der Waals surface area (Å²) in [7, 11) is 1.62. The van der Waals surface area contributed by atoms with Crippen LogP contribution < -0.4 is 10.1 Å². The van der Waals surface area contributed by atoms with E-state index in [1.54, 1.807) is 23.9 Å². The molecule has 122 valence electrons. The minimum atomic E-state index is -0.452. The predicted octanol–water partition coefficient (Wildman–Crippen LogP) is 2.76. The number of methoxy groups -OCH3 is 1. The van der Waals surface area contributed by atoms with Gasteiger partial charge in [-0.05, 0) is 23.8 Å². The number of fused-ring (bicyclic) bond motifs is 3. The van der Waals surface area contributed by atoms with Crippen molar-refractivity contribution >= 4 is 11.8 Å². The second-order valence-electron chi connectivity index (χ2n) is 5.32. The van der Waals surface area contributed by atoms with Gasteiger partial charge in [0, 0.05) is 12.6 Å². The number of hydrogen-bond donors (Lipinski definition) is 1. The monoisotopic (exact) mass is 325 g/mol. The van der Waals surface area contributed by atoms with E-state index in [1.165, 1.54) is 12.5 Å². The van der Waals surface area contributed by atoms with E-state index in [9.17, 15) is 4.79 Å². The molecule has 0 saturated heterocycles. The number of benzene rings is 1. The molecule has 1 aliphatic heterocycles. The van der Waals surface area contributed by atoms with Gasteiger partial charge in [0.05, 0.1) is 25.3 Å². The second-order valence-corrected chi connectivity index (χ2v) is 5.32. The van der Waals surface area contributed by atoms with Crippen LogP contribution in [0.5, 0.6) is 5.75 Å². The molecule has 0 spiro atoms. The van der Waals surface area contributed by atoms with Crippen LogP contribution >= 0.6 is 0 Å². The Bertz CT molecular complexity index is 883. The van der Waals surface area contributed by atoms with Crippen molar-refractivity contribution in [1.29, 1.82) is 0 Å². The van der Waals surface area contributed by atoms with Gasteiger partial charge in [-0.15, -0.1) is 0 Å². The van der Waals surface area contributed by atoms with Crippen LogP contribution in [0, 0.1) is 0 Å². The fraction of sp³-hybridized carbons (Fsp3) is 0.176. The van der Waals surface area contributed by atoms with E-state index in [0.29, 0.717) is 23.7 Å². The number of aromatic nitrogens is 2. The molecule has 3 heterocycles. The third-order valence-corrected chi connectivity index (χ3v) is 3.88. The Kier molecular flexibility index (Phi) is 3.45. The Hall–Kier alpha value is -3.22. The first-order valence-corrected chi connectivity index (χ1v) is 7.45. The van der Waals surface area contributed by atoms with Crippen molar-refractivity contribution < 1.29 is 18.7 Å². The van der Waals surface area contributed by atoms with E-state index in [0.717, 1.165) is 17.0 Å². The first kappa shape index (κ1) is 14.4. The average molecular weight is 325 g/mol. The van der Waals surface area contributed by atoms with Crippen molar-refractivity contribution in [1.82, 2.24) is 9.78 Å². The first-order valence-electron chi connectivity index (χ1n) is 7.45. The Morgan fingerprint density at radius 2 is 2.33 bits per heavy atom. The van der Waals surface area contributed by atoms with E-state index in [1.807, 2.05) is 18.2 Å². The molecule has 0 atom stereocenters. The predicted molar refractivity (Wildman–Crippen MR) is 85.3 cm³/mol. The van der Waals surface area contributed by atoms with Crippen LogP contribution in [-0.2, 0) is 17.9 Å². The summed E-state index contributed by atoms with van der Waals surface area (Å²) in [6.45, 7) is 0.685. The summed E-state index contributed by atoms with van der Waals surface area (Å²) in [6, 6.07) is 9.26. The normalized spacial score (nSPS) is 12.0. The lowest BCUT2D eigenvalue weighted by Crippen LogP contribution is -2.18. The highest BCUT2D eigenvalue weighted by Gasteiger charge is 2.24. The van der Waals surface area contributed by atoms with E-state index >= 15 is 0 Å². The molecule has 1 aromatic carbocycles. The molecule has 1 N–H and O–H groups in total. The summed E-state index contributed by atoms with van der Waals surface area (Å²) in [4.78, 5) is 12.3. The lowest BCUT2D eigenvalue weighted by Gasteiger charge is -2.21. The van der Waals surface area contributed by atoms with Crippen LogP contribution in [0.1, 0.15) is 21.7 Å². The van der Waals surface area contributed by atoms with Crippen molar-refractivity contribution in [3.05, 3.63) is 59.7 Å². The molecule has 0 radical (unpaired) electrons. The zero-order valence-electron chi connectivity index (χ0n) is 13.0. The lowest BCUT2D eigenvalue weighted by molar-refractivity contribution is 0.0446. The van der Waals surface area contributed by atoms with Gasteiger partial charge in [0.2, 0.25) is 0 Å². The van der Waals surface area contributed by atoms with Gasteiger partial charge in [-0.2, -0.15) is 5.10 Å². The van der Waals surface area contributed by atoms with Crippen molar-refractivity contribution in [2.24, 2.45) is 0 Å². The number of nitrogens with zero attached hydrogens (tertiary/aromatic N) is 2. The van der Waals surface area contributed by atoms with Crippen molar-refractivity contribution in [2.75, 3.05) is 12.4 Å². The van der Waals surface area contributed by atoms with Gasteiger partial charge >= 0.3 is 5.97 Å². The Morgan fingerprint density at radius 3 is 3.12 bits per heavy atom. The molecule has 7 nitrogen and oxygen atoms in total. The molecule has 0 aliphatic carbocycles. The van der Waals surface area contributed by atoms with Gasteiger partial charge in [-0.3, -0.25) is 0 Å². The highest BCUT2D eigenvalue weighted by molar-refractivity contribution is 5.95. The minimum absolute atomic E-state index is 0.0842. The average Bonchev–Trinajstić information content (AvgIpc) is 3.28. The maximum absolute atomic E-state index is 12.3. The van der Waals surface area contributed by atoms with E-state index < -0.39 is 5.97 Å². The fourth-order valence-corrected chi connectivity index (χ4v) is 2.66. The topological polar surface area (TPSA) is 78.5 Å². The highest BCUT2D eigenvalue weighted by Crippen LogP contribution is 2.31. The first-order chi connectivity index (χ1) is 11.8. The van der Waals surface area contributed by atoms with Crippen LogP contribution in [0.3, 0.4) is 0 Å². The highest BCUT2D eigenvalue weighted by atomic mass is 16.5. The van der Waals surface area contributed by atoms with Crippen molar-refractivity contribution in [3.8, 4) is 11.4 Å². The molecule has 7 heteroatoms. The lowest BCUT2D eigenvalue weighted by atomic mass is 10.1. The van der Waals surface area contributed by atoms with Gasteiger partial charge in [-0.25, -0.2) is 9.48 Å². The van der Waals surface area contributed by atoms with Crippen LogP contribution in [0.25, 0.3) is 5.69 Å². The maximum atomic E-state index is 12.3. The Labute approximate surface area is 137 Å². The van der Waals surface area contributed by atoms with E-state index in [2.05, 4.69) is 10.4 Å². The molecule has 0 bridgehead atoms. The van der Waals surface area contributed by atoms with Gasteiger partial charge in [0.1, 0.15) is 29.5 Å². The maximum Gasteiger partial charge on any atom is 0.344 e. The summed E-state index contributed by atoms with van der Waals surface area (Å²) in [5.41, 5.74) is 2.34. The second kappa shape index (κ2) is 5.77. The third kappa shape index (κ3) is 2.40. The van der Waals surface area contributed by atoms with Crippen LogP contribution in [-0.4, -0.2) is 22.9 Å². The molecule has 4 rings (SSSR count). The standard InChI is InChI=1S/C17H15N3O4/c1-22-12-5-4-11-8-18-16-14(9-19-20(16)15(11)7-12)17(21)24-10-13-3-2-6-23-13/h2-7,9,18H,8,10H2,1H3. The summed E-state index contributed by atoms with van der Waals surface area (Å²) >= 11 is 0. The van der Waals surface area contributed by atoms with E-state index in [-0.39, 0.29) is 6.61 Å². The molecule has 24 heavy (non-hydrogen) atoms. The number of ether oxygens (including phenoxy) is 2. The third-order valence-electron chi connectivity index (χ3n) is 3.88. The minimum Gasteiger partial charge on any atom is -0.497 e. The van der Waals surface area contributed by atoms with Gasteiger partial charge in [0.25, 0.3) is 0 Å². The Morgan fingerprint density at radius 1 is 1.42 bits per heavy atom. The quantitative estimate of drug-likeness (QED) is 0.743. The molecule has 1 aliphatic rings. The van der Waals surface area contributed by atoms with Crippen molar-refractivity contribution in [2.45, 2.75) is 13.2 Å². The molecule has 3 aromatic rings. The number of rotatable bonds is 4. The number of esters is 1. The zero-order valence-corrected chi connectivity index (χ0v) is 13.0. The molecule has 0 saturated carbocycles. The molecule has 0 fully saturated rings. The van der Waals surface area contributed by atoms with Crippen LogP contribution in [0.2, 0.25) is 0 Å². The smallest absolute Gasteiger partial charge is 0.344 e. The van der Waals surface area contributed by atoms with Gasteiger partial charge in [-0.1, -0.05) is 6.07 Å². The number of carbonyl (C=O) groups is 1. The zero-order chi connectivity index (χ0) is 16.5. The number of carbonyl (C=O) groups excluding carboxylic acids is 1. The molecular weight excluding hydrogens is 310 g/mol. The van der Waals surface area contributed by atoms with E-state index in [4.69, 9.17) is 13.9 Å². The molecule has 0 amide bonds. The summed E-state index contributed by atoms with van der Waals surface area (Å²) in [5.74, 6) is 1.48. The molecular formula is C17H15N3O4. The number of nitrogens with one attached hydrogen (secondary N) is 1. The van der Waals surface area contributed by atoms with Gasteiger partial charge in [0.15, 0.2) is 0 Å². The van der Waals surface area contributed by atoms with Gasteiger partial charge < -0.3 is 19.2 Å². The molecule has 0 unspecified atom stereocenters. The SMILES string of the molecule is COc1ccc2c(c1)-n1ncc(C(=O)OCc3ccco3)c1NC2. The number of anilines is 1. The van der Waals surface area contributed by atoms with Crippen LogP contribution in [0.15, 0.2) is 47.2 Å². The largest absolute Gasteiger partial charge is 0.497 e. The molecule has 2 aromatic heterocycles. The number of furan rings is 1. The number of hydrogen-bond acceptors (Lipinski definition) is 6. The van der Waals surface area contributed by atoms with Crippen molar-refractivity contribution in [3.63, 3.8) is 0 Å². The Balaban J connectivity index is 1.61. The summed E-state index contributed by atoms with van der Waals surface area (Å²) in [6.07, 6.45) is 3.04. The summed E-state index contributed by atoms with van der Waals surface area (Å²) in [5, 5.41) is 7.53. The van der Waals surface area contributed by atoms with Crippen LogP contribution in [0.4, 0.5) is 5.82 Å². The fourth-order valence-electron chi connectivity index (χ4n) is 2.66.